The smallest absolute Gasteiger partial charge is 0.243 e. The molecule has 1 aliphatic rings. The third-order valence-corrected chi connectivity index (χ3v) is 6.06. The standard InChI is InChI=1S/C14H21FN2O2S/c1-10-5-3-4-6-14(10)17(2)20(18,19)11-7-8-12(15)13(16)9-11/h7-10,14H,3-6,16H2,1-2H3. The molecule has 0 bridgehead atoms. The fraction of sp³-hybridized carbons (Fsp3) is 0.571. The van der Waals surface area contributed by atoms with Gasteiger partial charge in [-0.15, -0.1) is 0 Å². The van der Waals surface area contributed by atoms with Crippen LogP contribution in [0, 0.1) is 11.7 Å². The van der Waals surface area contributed by atoms with E-state index in [1.54, 1.807) is 7.05 Å². The number of halogens is 1. The summed E-state index contributed by atoms with van der Waals surface area (Å²) in [6, 6.07) is 3.56. The van der Waals surface area contributed by atoms with Crippen molar-refractivity contribution in [3.63, 3.8) is 0 Å². The van der Waals surface area contributed by atoms with Gasteiger partial charge in [-0.1, -0.05) is 19.8 Å². The van der Waals surface area contributed by atoms with E-state index in [0.717, 1.165) is 31.7 Å². The molecular weight excluding hydrogens is 279 g/mol. The van der Waals surface area contributed by atoms with E-state index in [1.165, 1.54) is 16.4 Å². The van der Waals surface area contributed by atoms with Crippen molar-refractivity contribution in [2.45, 2.75) is 43.5 Å². The summed E-state index contributed by atoms with van der Waals surface area (Å²) in [6.45, 7) is 2.08. The zero-order chi connectivity index (χ0) is 14.9. The second-order valence-corrected chi connectivity index (χ2v) is 7.53. The van der Waals surface area contributed by atoms with Gasteiger partial charge in [0.05, 0.1) is 10.6 Å². The molecule has 0 heterocycles. The minimum absolute atomic E-state index is 0.0000255. The molecule has 1 fully saturated rings. The van der Waals surface area contributed by atoms with Gasteiger partial charge in [-0.25, -0.2) is 12.8 Å². The van der Waals surface area contributed by atoms with E-state index in [2.05, 4.69) is 6.92 Å². The topological polar surface area (TPSA) is 63.4 Å². The van der Waals surface area contributed by atoms with Crippen molar-refractivity contribution < 1.29 is 12.8 Å². The van der Waals surface area contributed by atoms with Crippen molar-refractivity contribution >= 4 is 15.7 Å². The summed E-state index contributed by atoms with van der Waals surface area (Å²) in [5.74, 6) is -0.265. The Labute approximate surface area is 119 Å². The van der Waals surface area contributed by atoms with E-state index < -0.39 is 15.8 Å². The molecule has 1 aromatic rings. The molecule has 1 saturated carbocycles. The Morgan fingerprint density at radius 1 is 1.30 bits per heavy atom. The lowest BCUT2D eigenvalue weighted by molar-refractivity contribution is 0.213. The normalized spacial score (nSPS) is 24.0. The highest BCUT2D eigenvalue weighted by Crippen LogP contribution is 2.31. The van der Waals surface area contributed by atoms with Gasteiger partial charge in [0, 0.05) is 13.1 Å². The fourth-order valence-corrected chi connectivity index (χ4v) is 4.38. The zero-order valence-corrected chi connectivity index (χ0v) is 12.7. The summed E-state index contributed by atoms with van der Waals surface area (Å²) in [5.41, 5.74) is 5.32. The van der Waals surface area contributed by atoms with E-state index in [-0.39, 0.29) is 16.6 Å². The van der Waals surface area contributed by atoms with Crippen LogP contribution in [0.2, 0.25) is 0 Å². The first-order valence-electron chi connectivity index (χ1n) is 6.87. The van der Waals surface area contributed by atoms with Gasteiger partial charge in [0.15, 0.2) is 0 Å². The van der Waals surface area contributed by atoms with Crippen LogP contribution in [0.1, 0.15) is 32.6 Å². The van der Waals surface area contributed by atoms with Gasteiger partial charge in [-0.05, 0) is 37.0 Å². The van der Waals surface area contributed by atoms with Gasteiger partial charge in [0.1, 0.15) is 5.82 Å². The Balaban J connectivity index is 2.31. The van der Waals surface area contributed by atoms with Crippen molar-refractivity contribution in [3.05, 3.63) is 24.0 Å². The maximum atomic E-state index is 13.2. The number of hydrogen-bond donors (Lipinski definition) is 1. The first kappa shape index (κ1) is 15.3. The predicted molar refractivity (Wildman–Crippen MR) is 77.2 cm³/mol. The number of nitrogen functional groups attached to an aromatic ring is 1. The molecule has 1 aliphatic carbocycles. The van der Waals surface area contributed by atoms with Gasteiger partial charge in [-0.2, -0.15) is 4.31 Å². The van der Waals surface area contributed by atoms with Crippen molar-refractivity contribution in [2.24, 2.45) is 5.92 Å². The van der Waals surface area contributed by atoms with Crippen molar-refractivity contribution in [2.75, 3.05) is 12.8 Å². The maximum Gasteiger partial charge on any atom is 0.243 e. The molecule has 0 spiro atoms. The Morgan fingerprint density at radius 2 is 1.95 bits per heavy atom. The highest BCUT2D eigenvalue weighted by Gasteiger charge is 2.33. The zero-order valence-electron chi connectivity index (χ0n) is 11.8. The van der Waals surface area contributed by atoms with Gasteiger partial charge in [0.2, 0.25) is 10.0 Å². The van der Waals surface area contributed by atoms with Crippen molar-refractivity contribution in [1.82, 2.24) is 4.31 Å². The van der Waals surface area contributed by atoms with E-state index in [1.807, 2.05) is 0 Å². The maximum absolute atomic E-state index is 13.2. The average molecular weight is 300 g/mol. The highest BCUT2D eigenvalue weighted by atomic mass is 32.2. The van der Waals surface area contributed by atoms with Crippen LogP contribution in [0.3, 0.4) is 0 Å². The number of benzene rings is 1. The SMILES string of the molecule is CC1CCCCC1N(C)S(=O)(=O)c1ccc(F)c(N)c1. The molecule has 0 saturated heterocycles. The quantitative estimate of drug-likeness (QED) is 0.873. The van der Waals surface area contributed by atoms with Gasteiger partial charge in [0.25, 0.3) is 0 Å². The van der Waals surface area contributed by atoms with Gasteiger partial charge in [-0.3, -0.25) is 0 Å². The van der Waals surface area contributed by atoms with Crippen LogP contribution in [0.15, 0.2) is 23.1 Å². The summed E-state index contributed by atoms with van der Waals surface area (Å²) in [7, 11) is -2.03. The van der Waals surface area contributed by atoms with Crippen molar-refractivity contribution in [3.8, 4) is 0 Å². The number of anilines is 1. The lowest BCUT2D eigenvalue weighted by atomic mass is 9.86. The highest BCUT2D eigenvalue weighted by molar-refractivity contribution is 7.89. The molecular formula is C14H21FN2O2S. The molecule has 0 amide bonds. The number of nitrogens with two attached hydrogens (primary N) is 1. The third-order valence-electron chi connectivity index (χ3n) is 4.18. The van der Waals surface area contributed by atoms with Crippen LogP contribution in [0.25, 0.3) is 0 Å². The molecule has 4 nitrogen and oxygen atoms in total. The summed E-state index contributed by atoms with van der Waals surface area (Å²) < 4.78 is 39.8. The molecule has 0 aliphatic heterocycles. The van der Waals surface area contributed by atoms with Crippen LogP contribution in [-0.4, -0.2) is 25.8 Å². The van der Waals surface area contributed by atoms with E-state index in [9.17, 15) is 12.8 Å². The molecule has 20 heavy (non-hydrogen) atoms. The van der Waals surface area contributed by atoms with Crippen LogP contribution in [0.4, 0.5) is 10.1 Å². The molecule has 0 aromatic heterocycles. The molecule has 2 rings (SSSR count). The predicted octanol–water partition coefficient (Wildman–Crippen LogP) is 2.61. The molecule has 6 heteroatoms. The van der Waals surface area contributed by atoms with Crippen molar-refractivity contribution in [1.29, 1.82) is 0 Å². The molecule has 0 radical (unpaired) electrons. The first-order chi connectivity index (χ1) is 9.34. The number of nitrogens with zero attached hydrogens (tertiary/aromatic N) is 1. The van der Waals surface area contributed by atoms with Crippen LogP contribution < -0.4 is 5.73 Å². The lowest BCUT2D eigenvalue weighted by Gasteiger charge is -2.35. The first-order valence-corrected chi connectivity index (χ1v) is 8.31. The summed E-state index contributed by atoms with van der Waals surface area (Å²) in [5, 5.41) is 0. The number of rotatable bonds is 3. The third kappa shape index (κ3) is 2.81. The molecule has 2 atom stereocenters. The van der Waals surface area contributed by atoms with Crippen LogP contribution in [0.5, 0.6) is 0 Å². The van der Waals surface area contributed by atoms with E-state index in [0.29, 0.717) is 5.92 Å². The Kier molecular flexibility index (Phi) is 4.34. The van der Waals surface area contributed by atoms with Crippen LogP contribution >= 0.6 is 0 Å². The molecule has 2 unspecified atom stereocenters. The Hall–Kier alpha value is -1.14. The van der Waals surface area contributed by atoms with Gasteiger partial charge >= 0.3 is 0 Å². The lowest BCUT2D eigenvalue weighted by Crippen LogP contribution is -2.42. The Bertz CT molecular complexity index is 589. The minimum atomic E-state index is -3.62. The van der Waals surface area contributed by atoms with Crippen LogP contribution in [-0.2, 0) is 10.0 Å². The summed E-state index contributed by atoms with van der Waals surface area (Å²) in [4.78, 5) is 0.0525. The summed E-state index contributed by atoms with van der Waals surface area (Å²) >= 11 is 0. The minimum Gasteiger partial charge on any atom is -0.396 e. The molecule has 1 aromatic carbocycles. The number of sulfonamides is 1. The largest absolute Gasteiger partial charge is 0.396 e. The Morgan fingerprint density at radius 3 is 2.55 bits per heavy atom. The second-order valence-electron chi connectivity index (χ2n) is 5.53. The second kappa shape index (κ2) is 5.69. The van der Waals surface area contributed by atoms with E-state index in [4.69, 9.17) is 5.73 Å². The monoisotopic (exact) mass is 300 g/mol. The van der Waals surface area contributed by atoms with Gasteiger partial charge < -0.3 is 5.73 Å². The average Bonchev–Trinajstić information content (AvgIpc) is 2.41. The summed E-state index contributed by atoms with van der Waals surface area (Å²) in [6.07, 6.45) is 4.10. The molecule has 2 N–H and O–H groups in total. The fourth-order valence-electron chi connectivity index (χ4n) is 2.86. The number of hydrogen-bond acceptors (Lipinski definition) is 3. The van der Waals surface area contributed by atoms with E-state index >= 15 is 0 Å². The molecule has 112 valence electrons.